The van der Waals surface area contributed by atoms with Gasteiger partial charge in [-0.05, 0) is 44.0 Å². The molecule has 7 nitrogen and oxygen atoms in total. The van der Waals surface area contributed by atoms with Crippen molar-refractivity contribution in [2.75, 3.05) is 40.4 Å². The molecule has 1 aromatic rings. The molecule has 2 aliphatic heterocycles. The molecule has 1 amide bonds. The highest BCUT2D eigenvalue weighted by Crippen LogP contribution is 2.39. The van der Waals surface area contributed by atoms with Crippen LogP contribution in [-0.4, -0.2) is 67.2 Å². The van der Waals surface area contributed by atoms with Gasteiger partial charge in [0.15, 0.2) is 0 Å². The summed E-state index contributed by atoms with van der Waals surface area (Å²) < 4.78 is 10.8. The Hall–Kier alpha value is -1.99. The number of likely N-dealkylation sites (tertiary alicyclic amines) is 2. The molecule has 27 heavy (non-hydrogen) atoms. The van der Waals surface area contributed by atoms with E-state index in [1.54, 1.807) is 14.2 Å². The third-order valence-electron chi connectivity index (χ3n) is 5.35. The summed E-state index contributed by atoms with van der Waals surface area (Å²) in [5, 5.41) is 9.13. The fraction of sp³-hybridized carbons (Fsp3) is 0.579. The van der Waals surface area contributed by atoms with Crippen LogP contribution in [-0.2, 0) is 9.59 Å². The Morgan fingerprint density at radius 2 is 1.96 bits per heavy atom. The van der Waals surface area contributed by atoms with Gasteiger partial charge in [-0.25, -0.2) is 0 Å². The third kappa shape index (κ3) is 4.65. The van der Waals surface area contributed by atoms with Crippen LogP contribution in [0.2, 0.25) is 0 Å². The molecule has 150 valence electrons. The van der Waals surface area contributed by atoms with Crippen LogP contribution in [0.5, 0.6) is 11.5 Å². The number of nitrogens with zero attached hydrogens (tertiary/aromatic N) is 2. The number of methoxy groups -OCH3 is 2. The smallest absolute Gasteiger partial charge is 0.307 e. The molecule has 2 atom stereocenters. The van der Waals surface area contributed by atoms with Gasteiger partial charge < -0.3 is 19.5 Å². The molecule has 2 unspecified atom stereocenters. The quantitative estimate of drug-likeness (QED) is 0.791. The van der Waals surface area contributed by atoms with Crippen LogP contribution in [0.25, 0.3) is 0 Å². The molecule has 0 spiro atoms. The molecule has 2 heterocycles. The third-order valence-corrected chi connectivity index (χ3v) is 5.35. The summed E-state index contributed by atoms with van der Waals surface area (Å²) in [5.41, 5.74) is 0.961. The lowest BCUT2D eigenvalue weighted by Gasteiger charge is -2.28. The Balaban J connectivity index is 0.00000261. The van der Waals surface area contributed by atoms with E-state index in [0.29, 0.717) is 26.1 Å². The van der Waals surface area contributed by atoms with Crippen molar-refractivity contribution >= 4 is 24.3 Å². The van der Waals surface area contributed by atoms with E-state index < -0.39 is 5.97 Å². The first kappa shape index (κ1) is 21.3. The molecule has 8 heteroatoms. The Labute approximate surface area is 165 Å². The summed E-state index contributed by atoms with van der Waals surface area (Å²) in [5.74, 6) is 0.394. The second-order valence-electron chi connectivity index (χ2n) is 6.91. The predicted molar refractivity (Wildman–Crippen MR) is 103 cm³/mol. The molecule has 3 rings (SSSR count). The number of rotatable bonds is 6. The molecule has 2 aliphatic rings. The van der Waals surface area contributed by atoms with E-state index in [1.807, 2.05) is 28.0 Å². The molecule has 1 N–H and O–H groups in total. The molecule has 0 radical (unpaired) electrons. The second-order valence-corrected chi connectivity index (χ2v) is 6.91. The van der Waals surface area contributed by atoms with Gasteiger partial charge in [0.05, 0.1) is 32.7 Å². The van der Waals surface area contributed by atoms with Crippen LogP contribution in [0, 0.1) is 5.92 Å². The number of benzene rings is 1. The van der Waals surface area contributed by atoms with E-state index in [-0.39, 0.29) is 36.8 Å². The second kappa shape index (κ2) is 9.28. The van der Waals surface area contributed by atoms with Crippen LogP contribution < -0.4 is 9.47 Å². The van der Waals surface area contributed by atoms with Crippen molar-refractivity contribution < 1.29 is 24.2 Å². The van der Waals surface area contributed by atoms with Gasteiger partial charge in [-0.1, -0.05) is 0 Å². The lowest BCUT2D eigenvalue weighted by atomic mass is 10.0. The lowest BCUT2D eigenvalue weighted by Crippen LogP contribution is -2.39. The Bertz CT molecular complexity index is 684. The van der Waals surface area contributed by atoms with Gasteiger partial charge >= 0.3 is 5.97 Å². The van der Waals surface area contributed by atoms with Crippen molar-refractivity contribution in [2.24, 2.45) is 5.92 Å². The first-order valence-electron chi connectivity index (χ1n) is 9.00. The monoisotopic (exact) mass is 398 g/mol. The fourth-order valence-corrected chi connectivity index (χ4v) is 3.95. The van der Waals surface area contributed by atoms with Gasteiger partial charge in [0.2, 0.25) is 5.91 Å². The topological polar surface area (TPSA) is 79.3 Å². The zero-order chi connectivity index (χ0) is 18.7. The number of ether oxygens (including phenoxy) is 2. The summed E-state index contributed by atoms with van der Waals surface area (Å²) in [4.78, 5) is 27.8. The number of hydrogen-bond donors (Lipinski definition) is 1. The first-order valence-corrected chi connectivity index (χ1v) is 9.00. The van der Waals surface area contributed by atoms with Gasteiger partial charge in [0, 0.05) is 18.7 Å². The average Bonchev–Trinajstić information content (AvgIpc) is 3.30. The maximum absolute atomic E-state index is 12.9. The number of carbonyl (C=O) groups excluding carboxylic acids is 1. The minimum Gasteiger partial charge on any atom is -0.497 e. The highest BCUT2D eigenvalue weighted by Gasteiger charge is 2.35. The molecular weight excluding hydrogens is 372 g/mol. The summed E-state index contributed by atoms with van der Waals surface area (Å²) in [6.07, 6.45) is 2.43. The number of hydrogen-bond acceptors (Lipinski definition) is 5. The molecule has 0 aromatic heterocycles. The average molecular weight is 399 g/mol. The fourth-order valence-electron chi connectivity index (χ4n) is 3.95. The van der Waals surface area contributed by atoms with Crippen molar-refractivity contribution in [3.63, 3.8) is 0 Å². The molecule has 2 saturated heterocycles. The molecule has 2 fully saturated rings. The lowest BCUT2D eigenvalue weighted by molar-refractivity contribution is -0.141. The maximum atomic E-state index is 12.9. The standard InChI is InChI=1S/C19H26N2O5.ClH/c1-25-14-5-6-17(26-2)15(10-14)16-4-3-8-21(16)18(22)12-20-9-7-13(11-20)19(23)24;/h5-6,10,13,16H,3-4,7-9,11-12H2,1-2H3,(H,23,24);1H. The minimum atomic E-state index is -0.778. The van der Waals surface area contributed by atoms with E-state index in [2.05, 4.69) is 0 Å². The van der Waals surface area contributed by atoms with Crippen molar-refractivity contribution in [2.45, 2.75) is 25.3 Å². The summed E-state index contributed by atoms with van der Waals surface area (Å²) in [6, 6.07) is 5.61. The first-order chi connectivity index (χ1) is 12.5. The van der Waals surface area contributed by atoms with Crippen molar-refractivity contribution in [3.05, 3.63) is 23.8 Å². The van der Waals surface area contributed by atoms with E-state index in [4.69, 9.17) is 14.6 Å². The zero-order valence-electron chi connectivity index (χ0n) is 15.7. The largest absolute Gasteiger partial charge is 0.497 e. The van der Waals surface area contributed by atoms with Gasteiger partial charge in [-0.15, -0.1) is 12.4 Å². The van der Waals surface area contributed by atoms with Gasteiger partial charge in [0.1, 0.15) is 11.5 Å². The van der Waals surface area contributed by atoms with E-state index in [0.717, 1.165) is 29.9 Å². The molecule has 0 aliphatic carbocycles. The molecular formula is C19H27ClN2O5. The van der Waals surface area contributed by atoms with Crippen LogP contribution in [0.3, 0.4) is 0 Å². The number of amides is 1. The highest BCUT2D eigenvalue weighted by molar-refractivity contribution is 5.85. The number of aliphatic carboxylic acids is 1. The number of halogens is 1. The summed E-state index contributed by atoms with van der Waals surface area (Å²) >= 11 is 0. The number of carboxylic acids is 1. The van der Waals surface area contributed by atoms with Crippen molar-refractivity contribution in [1.29, 1.82) is 0 Å². The highest BCUT2D eigenvalue weighted by atomic mass is 35.5. The molecule has 0 bridgehead atoms. The minimum absolute atomic E-state index is 0. The van der Waals surface area contributed by atoms with E-state index >= 15 is 0 Å². The van der Waals surface area contributed by atoms with Crippen LogP contribution >= 0.6 is 12.4 Å². The van der Waals surface area contributed by atoms with Gasteiger partial charge in [-0.3, -0.25) is 14.5 Å². The normalized spacial score (nSPS) is 22.4. The molecule has 0 saturated carbocycles. The Morgan fingerprint density at radius 3 is 2.59 bits per heavy atom. The number of carbonyl (C=O) groups is 2. The van der Waals surface area contributed by atoms with Crippen LogP contribution in [0.4, 0.5) is 0 Å². The Kier molecular flexibility index (Phi) is 7.33. The maximum Gasteiger partial charge on any atom is 0.307 e. The summed E-state index contributed by atoms with van der Waals surface area (Å²) in [7, 11) is 3.25. The zero-order valence-corrected chi connectivity index (χ0v) is 16.5. The van der Waals surface area contributed by atoms with Crippen LogP contribution in [0.1, 0.15) is 30.9 Å². The Morgan fingerprint density at radius 1 is 1.19 bits per heavy atom. The van der Waals surface area contributed by atoms with Crippen molar-refractivity contribution in [3.8, 4) is 11.5 Å². The predicted octanol–water partition coefficient (Wildman–Crippen LogP) is 2.20. The number of carboxylic acid groups (broad SMARTS) is 1. The van der Waals surface area contributed by atoms with Gasteiger partial charge in [-0.2, -0.15) is 0 Å². The van der Waals surface area contributed by atoms with Crippen LogP contribution in [0.15, 0.2) is 18.2 Å². The van der Waals surface area contributed by atoms with E-state index in [1.165, 1.54) is 0 Å². The molecule has 1 aromatic carbocycles. The van der Waals surface area contributed by atoms with Gasteiger partial charge in [0.25, 0.3) is 0 Å². The van der Waals surface area contributed by atoms with E-state index in [9.17, 15) is 9.59 Å². The SMILES string of the molecule is COc1ccc(OC)c(C2CCCN2C(=O)CN2CCC(C(=O)O)C2)c1.Cl. The summed E-state index contributed by atoms with van der Waals surface area (Å²) in [6.45, 7) is 2.08. The van der Waals surface area contributed by atoms with Crippen molar-refractivity contribution in [1.82, 2.24) is 9.80 Å².